The average molecular weight is 288 g/mol. The second-order valence-electron chi connectivity index (χ2n) is 4.42. The predicted molar refractivity (Wildman–Crippen MR) is 75.6 cm³/mol. The molecule has 6 heteroatoms. The zero-order chi connectivity index (χ0) is 15.4. The van der Waals surface area contributed by atoms with Gasteiger partial charge in [-0.25, -0.2) is 9.18 Å². The Morgan fingerprint density at radius 3 is 2.62 bits per heavy atom. The molecule has 0 unspecified atom stereocenters. The normalized spacial score (nSPS) is 10.1. The fourth-order valence-electron chi connectivity index (χ4n) is 1.84. The molecule has 21 heavy (non-hydrogen) atoms. The molecule has 0 atom stereocenters. The number of amides is 1. The number of nitrogens with two attached hydrogens (primary N) is 1. The molecule has 0 saturated heterocycles. The number of rotatable bonds is 5. The fourth-order valence-corrected chi connectivity index (χ4v) is 1.84. The summed E-state index contributed by atoms with van der Waals surface area (Å²) >= 11 is 0. The third kappa shape index (κ3) is 3.56. The highest BCUT2D eigenvalue weighted by molar-refractivity contribution is 5.93. The van der Waals surface area contributed by atoms with Crippen LogP contribution in [-0.4, -0.2) is 17.0 Å². The first-order valence-electron chi connectivity index (χ1n) is 6.13. The van der Waals surface area contributed by atoms with Crippen LogP contribution in [0.5, 0.6) is 0 Å². The van der Waals surface area contributed by atoms with Crippen LogP contribution >= 0.6 is 0 Å². The van der Waals surface area contributed by atoms with Gasteiger partial charge in [-0.1, -0.05) is 12.1 Å². The Labute approximate surface area is 120 Å². The highest BCUT2D eigenvalue weighted by atomic mass is 19.1. The van der Waals surface area contributed by atoms with Crippen molar-refractivity contribution < 1.29 is 19.1 Å². The van der Waals surface area contributed by atoms with Crippen molar-refractivity contribution in [2.75, 3.05) is 5.32 Å². The summed E-state index contributed by atoms with van der Waals surface area (Å²) in [5.74, 6) is -2.64. The van der Waals surface area contributed by atoms with E-state index in [1.54, 1.807) is 24.3 Å². The summed E-state index contributed by atoms with van der Waals surface area (Å²) in [5.41, 5.74) is 6.45. The lowest BCUT2D eigenvalue weighted by Crippen LogP contribution is -2.11. The molecular formula is C15H13FN2O3. The lowest BCUT2D eigenvalue weighted by atomic mass is 10.1. The molecule has 4 N–H and O–H groups in total. The molecule has 5 nitrogen and oxygen atoms in total. The van der Waals surface area contributed by atoms with Crippen LogP contribution in [0.3, 0.4) is 0 Å². The maximum atomic E-state index is 13.3. The maximum absolute atomic E-state index is 13.3. The summed E-state index contributed by atoms with van der Waals surface area (Å²) in [5, 5.41) is 11.8. The number of primary amides is 1. The van der Waals surface area contributed by atoms with Gasteiger partial charge in [0.15, 0.2) is 0 Å². The summed E-state index contributed by atoms with van der Waals surface area (Å²) in [4.78, 5) is 21.9. The van der Waals surface area contributed by atoms with E-state index in [1.165, 1.54) is 12.1 Å². The number of halogens is 1. The maximum Gasteiger partial charge on any atom is 0.338 e. The summed E-state index contributed by atoms with van der Waals surface area (Å²) in [6.45, 7) is 0.353. The lowest BCUT2D eigenvalue weighted by Gasteiger charge is -2.08. The Morgan fingerprint density at radius 1 is 1.19 bits per heavy atom. The van der Waals surface area contributed by atoms with Crippen molar-refractivity contribution in [3.05, 3.63) is 65.0 Å². The van der Waals surface area contributed by atoms with Gasteiger partial charge < -0.3 is 16.2 Å². The van der Waals surface area contributed by atoms with Crippen LogP contribution in [0.1, 0.15) is 26.3 Å². The number of aromatic carboxylic acids is 1. The van der Waals surface area contributed by atoms with Gasteiger partial charge in [-0.05, 0) is 35.9 Å². The molecule has 0 radical (unpaired) electrons. The Bertz CT molecular complexity index is 701. The van der Waals surface area contributed by atoms with Crippen LogP contribution in [0.2, 0.25) is 0 Å². The Balaban J connectivity index is 2.13. The molecule has 0 heterocycles. The molecule has 0 aromatic heterocycles. The molecule has 2 rings (SSSR count). The van der Waals surface area contributed by atoms with E-state index in [0.717, 1.165) is 11.6 Å². The number of carboxylic acids is 1. The monoisotopic (exact) mass is 288 g/mol. The van der Waals surface area contributed by atoms with Gasteiger partial charge in [-0.3, -0.25) is 4.79 Å². The first kappa shape index (κ1) is 14.5. The molecule has 2 aromatic carbocycles. The zero-order valence-corrected chi connectivity index (χ0v) is 11.0. The van der Waals surface area contributed by atoms with E-state index >= 15 is 0 Å². The molecule has 0 aliphatic heterocycles. The van der Waals surface area contributed by atoms with Crippen LogP contribution in [0.25, 0.3) is 0 Å². The number of carbonyl (C=O) groups is 2. The standard InChI is InChI=1S/C15H13FN2O3/c16-13-5-4-11(7-12(13)15(20)21)18-8-9-2-1-3-10(6-9)14(17)19/h1-7,18H,8H2,(H2,17,19)(H,20,21). The van der Waals surface area contributed by atoms with Gasteiger partial charge in [0.2, 0.25) is 5.91 Å². The van der Waals surface area contributed by atoms with Crippen molar-refractivity contribution in [3.63, 3.8) is 0 Å². The van der Waals surface area contributed by atoms with Crippen LogP contribution in [0.15, 0.2) is 42.5 Å². The van der Waals surface area contributed by atoms with Gasteiger partial charge in [-0.15, -0.1) is 0 Å². The van der Waals surface area contributed by atoms with Crippen molar-refractivity contribution in [3.8, 4) is 0 Å². The molecule has 0 bridgehead atoms. The van der Waals surface area contributed by atoms with Gasteiger partial charge in [0.05, 0.1) is 5.56 Å². The van der Waals surface area contributed by atoms with Gasteiger partial charge in [0, 0.05) is 17.8 Å². The highest BCUT2D eigenvalue weighted by Crippen LogP contribution is 2.16. The zero-order valence-electron chi connectivity index (χ0n) is 11.0. The van der Waals surface area contributed by atoms with Crippen LogP contribution in [-0.2, 0) is 6.54 Å². The van der Waals surface area contributed by atoms with Crippen LogP contribution < -0.4 is 11.1 Å². The van der Waals surface area contributed by atoms with Crippen molar-refractivity contribution in [2.24, 2.45) is 5.73 Å². The molecule has 0 saturated carbocycles. The lowest BCUT2D eigenvalue weighted by molar-refractivity contribution is 0.0691. The average Bonchev–Trinajstić information content (AvgIpc) is 2.46. The summed E-state index contributed by atoms with van der Waals surface area (Å²) < 4.78 is 13.3. The minimum Gasteiger partial charge on any atom is -0.478 e. The van der Waals surface area contributed by atoms with Crippen molar-refractivity contribution in [2.45, 2.75) is 6.54 Å². The van der Waals surface area contributed by atoms with E-state index in [9.17, 15) is 14.0 Å². The van der Waals surface area contributed by atoms with Gasteiger partial charge in [-0.2, -0.15) is 0 Å². The first-order valence-corrected chi connectivity index (χ1v) is 6.13. The SMILES string of the molecule is NC(=O)c1cccc(CNc2ccc(F)c(C(=O)O)c2)c1. The molecule has 0 spiro atoms. The molecule has 0 aliphatic rings. The van der Waals surface area contributed by atoms with Crippen molar-refractivity contribution in [1.29, 1.82) is 0 Å². The molecule has 0 fully saturated rings. The van der Waals surface area contributed by atoms with E-state index < -0.39 is 23.3 Å². The Kier molecular flexibility index (Phi) is 4.18. The molecule has 1 amide bonds. The third-order valence-electron chi connectivity index (χ3n) is 2.90. The fraction of sp³-hybridized carbons (Fsp3) is 0.0667. The first-order chi connectivity index (χ1) is 9.97. The van der Waals surface area contributed by atoms with Crippen molar-refractivity contribution in [1.82, 2.24) is 0 Å². The molecule has 108 valence electrons. The Morgan fingerprint density at radius 2 is 1.95 bits per heavy atom. The van der Waals surface area contributed by atoms with Gasteiger partial charge >= 0.3 is 5.97 Å². The minimum atomic E-state index is -1.33. The van der Waals surface area contributed by atoms with E-state index in [0.29, 0.717) is 17.8 Å². The summed E-state index contributed by atoms with van der Waals surface area (Å²) in [6, 6.07) is 10.5. The van der Waals surface area contributed by atoms with Gasteiger partial charge in [0.1, 0.15) is 5.82 Å². The second kappa shape index (κ2) is 6.04. The molecule has 0 aliphatic carbocycles. The Hall–Kier alpha value is -2.89. The van der Waals surface area contributed by atoms with E-state index in [4.69, 9.17) is 10.8 Å². The minimum absolute atomic E-state index is 0.353. The number of hydrogen-bond donors (Lipinski definition) is 3. The summed E-state index contributed by atoms with van der Waals surface area (Å²) in [6.07, 6.45) is 0. The number of anilines is 1. The van der Waals surface area contributed by atoms with E-state index in [2.05, 4.69) is 5.32 Å². The largest absolute Gasteiger partial charge is 0.478 e. The van der Waals surface area contributed by atoms with Gasteiger partial charge in [0.25, 0.3) is 0 Å². The number of benzene rings is 2. The van der Waals surface area contributed by atoms with Crippen LogP contribution in [0, 0.1) is 5.82 Å². The second-order valence-corrected chi connectivity index (χ2v) is 4.42. The molecular weight excluding hydrogens is 275 g/mol. The van der Waals surface area contributed by atoms with E-state index in [1.807, 2.05) is 0 Å². The van der Waals surface area contributed by atoms with Crippen molar-refractivity contribution >= 4 is 17.6 Å². The van der Waals surface area contributed by atoms with E-state index in [-0.39, 0.29) is 0 Å². The van der Waals surface area contributed by atoms with Crippen LogP contribution in [0.4, 0.5) is 10.1 Å². The highest BCUT2D eigenvalue weighted by Gasteiger charge is 2.10. The number of nitrogens with one attached hydrogen (secondary N) is 1. The number of carbonyl (C=O) groups excluding carboxylic acids is 1. The summed E-state index contributed by atoms with van der Waals surface area (Å²) in [7, 11) is 0. The third-order valence-corrected chi connectivity index (χ3v) is 2.90. The molecule has 2 aromatic rings. The number of carboxylic acid groups (broad SMARTS) is 1. The topological polar surface area (TPSA) is 92.4 Å². The number of hydrogen-bond acceptors (Lipinski definition) is 3. The quantitative estimate of drug-likeness (QED) is 0.786. The predicted octanol–water partition coefficient (Wildman–Crippen LogP) is 2.23. The smallest absolute Gasteiger partial charge is 0.338 e.